The highest BCUT2D eigenvalue weighted by atomic mass is 16.2. The minimum absolute atomic E-state index is 0.110. The standard InChI is InChI=1S/C16H20N4O/c1-16(2,18-13-6-4-3-5-7-13)15(21)19-8-9-20-12-17-10-14(20)11-19/h3-7,10,12,18H,8-9,11H2,1-2H3. The van der Waals surface area contributed by atoms with Gasteiger partial charge in [-0.15, -0.1) is 0 Å². The van der Waals surface area contributed by atoms with Gasteiger partial charge in [-0.2, -0.15) is 0 Å². The average molecular weight is 284 g/mol. The first-order valence-corrected chi connectivity index (χ1v) is 7.18. The van der Waals surface area contributed by atoms with Crippen LogP contribution in [0.4, 0.5) is 5.69 Å². The number of benzene rings is 1. The Morgan fingerprint density at radius 3 is 2.76 bits per heavy atom. The van der Waals surface area contributed by atoms with Crippen LogP contribution in [0.25, 0.3) is 0 Å². The van der Waals surface area contributed by atoms with Crippen molar-refractivity contribution in [3.63, 3.8) is 0 Å². The zero-order chi connectivity index (χ0) is 14.9. The Morgan fingerprint density at radius 1 is 1.24 bits per heavy atom. The molecular weight excluding hydrogens is 264 g/mol. The van der Waals surface area contributed by atoms with Crippen LogP contribution in [0.15, 0.2) is 42.9 Å². The van der Waals surface area contributed by atoms with Crippen LogP contribution in [0.1, 0.15) is 19.5 Å². The molecule has 0 spiro atoms. The summed E-state index contributed by atoms with van der Waals surface area (Å²) in [6.07, 6.45) is 3.65. The van der Waals surface area contributed by atoms with Gasteiger partial charge >= 0.3 is 0 Å². The molecule has 0 atom stereocenters. The van der Waals surface area contributed by atoms with E-state index in [4.69, 9.17) is 0 Å². The molecule has 0 radical (unpaired) electrons. The van der Waals surface area contributed by atoms with Crippen molar-refractivity contribution in [3.8, 4) is 0 Å². The lowest BCUT2D eigenvalue weighted by molar-refractivity contribution is -0.136. The number of hydrogen-bond acceptors (Lipinski definition) is 3. The number of amides is 1. The molecule has 1 aliphatic rings. The van der Waals surface area contributed by atoms with Crippen molar-refractivity contribution in [1.82, 2.24) is 14.5 Å². The summed E-state index contributed by atoms with van der Waals surface area (Å²) >= 11 is 0. The van der Waals surface area contributed by atoms with Crippen LogP contribution < -0.4 is 5.32 Å². The number of fused-ring (bicyclic) bond motifs is 1. The number of anilines is 1. The molecule has 5 nitrogen and oxygen atoms in total. The van der Waals surface area contributed by atoms with E-state index in [2.05, 4.69) is 14.9 Å². The molecule has 3 rings (SSSR count). The largest absolute Gasteiger partial charge is 0.372 e. The Labute approximate surface area is 124 Å². The summed E-state index contributed by atoms with van der Waals surface area (Å²) in [5.41, 5.74) is 1.41. The number of rotatable bonds is 3. The topological polar surface area (TPSA) is 50.2 Å². The van der Waals surface area contributed by atoms with Gasteiger partial charge in [-0.3, -0.25) is 4.79 Å². The number of nitrogens with one attached hydrogen (secondary N) is 1. The minimum Gasteiger partial charge on any atom is -0.372 e. The molecule has 0 aliphatic carbocycles. The van der Waals surface area contributed by atoms with Crippen LogP contribution in [0, 0.1) is 0 Å². The maximum Gasteiger partial charge on any atom is 0.248 e. The molecule has 1 N–H and O–H groups in total. The Bertz CT molecular complexity index is 633. The highest BCUT2D eigenvalue weighted by Crippen LogP contribution is 2.20. The third kappa shape index (κ3) is 2.77. The molecule has 1 aromatic carbocycles. The summed E-state index contributed by atoms with van der Waals surface area (Å²) in [5.74, 6) is 0.110. The van der Waals surface area contributed by atoms with Crippen LogP contribution in [-0.4, -0.2) is 32.4 Å². The number of carbonyl (C=O) groups is 1. The van der Waals surface area contributed by atoms with E-state index >= 15 is 0 Å². The number of carbonyl (C=O) groups excluding carboxylic acids is 1. The third-order valence-electron chi connectivity index (χ3n) is 3.81. The van der Waals surface area contributed by atoms with E-state index in [1.165, 1.54) is 0 Å². The number of nitrogens with zero attached hydrogens (tertiary/aromatic N) is 3. The zero-order valence-corrected chi connectivity index (χ0v) is 12.4. The van der Waals surface area contributed by atoms with E-state index in [1.807, 2.05) is 61.6 Å². The molecule has 0 saturated heterocycles. The van der Waals surface area contributed by atoms with Gasteiger partial charge in [0.05, 0.1) is 18.6 Å². The van der Waals surface area contributed by atoms with Crippen LogP contribution >= 0.6 is 0 Å². The number of imidazole rings is 1. The summed E-state index contributed by atoms with van der Waals surface area (Å²) < 4.78 is 2.10. The summed E-state index contributed by atoms with van der Waals surface area (Å²) in [5, 5.41) is 3.32. The van der Waals surface area contributed by atoms with E-state index in [-0.39, 0.29) is 5.91 Å². The van der Waals surface area contributed by atoms with E-state index in [0.29, 0.717) is 6.54 Å². The van der Waals surface area contributed by atoms with Crippen molar-refractivity contribution in [1.29, 1.82) is 0 Å². The smallest absolute Gasteiger partial charge is 0.248 e. The predicted octanol–water partition coefficient (Wildman–Crippen LogP) is 2.12. The minimum atomic E-state index is -0.635. The van der Waals surface area contributed by atoms with Crippen molar-refractivity contribution in [3.05, 3.63) is 48.5 Å². The summed E-state index contributed by atoms with van der Waals surface area (Å²) in [6.45, 7) is 6.01. The van der Waals surface area contributed by atoms with Gasteiger partial charge in [-0.05, 0) is 26.0 Å². The summed E-state index contributed by atoms with van der Waals surface area (Å²) in [4.78, 5) is 18.8. The van der Waals surface area contributed by atoms with Gasteiger partial charge in [0.15, 0.2) is 0 Å². The molecule has 0 fully saturated rings. The highest BCUT2D eigenvalue weighted by Gasteiger charge is 2.33. The summed E-state index contributed by atoms with van der Waals surface area (Å²) in [6, 6.07) is 9.83. The zero-order valence-electron chi connectivity index (χ0n) is 12.4. The second-order valence-electron chi connectivity index (χ2n) is 5.92. The van der Waals surface area contributed by atoms with E-state index < -0.39 is 5.54 Å². The van der Waals surface area contributed by atoms with Gasteiger partial charge in [-0.25, -0.2) is 4.98 Å². The van der Waals surface area contributed by atoms with Gasteiger partial charge in [-0.1, -0.05) is 18.2 Å². The molecule has 1 aromatic heterocycles. The fourth-order valence-corrected chi connectivity index (χ4v) is 2.69. The second kappa shape index (κ2) is 5.24. The van der Waals surface area contributed by atoms with Gasteiger partial charge < -0.3 is 14.8 Å². The summed E-state index contributed by atoms with van der Waals surface area (Å²) in [7, 11) is 0. The van der Waals surface area contributed by atoms with Crippen LogP contribution in [0.3, 0.4) is 0 Å². The monoisotopic (exact) mass is 284 g/mol. The fourth-order valence-electron chi connectivity index (χ4n) is 2.69. The first kappa shape index (κ1) is 13.7. The van der Waals surface area contributed by atoms with E-state index in [1.54, 1.807) is 0 Å². The van der Waals surface area contributed by atoms with Gasteiger partial charge in [0.1, 0.15) is 5.54 Å². The first-order chi connectivity index (χ1) is 10.1. The Balaban J connectivity index is 1.72. The van der Waals surface area contributed by atoms with Gasteiger partial charge in [0.25, 0.3) is 0 Å². The van der Waals surface area contributed by atoms with Crippen molar-refractivity contribution in [2.45, 2.75) is 32.5 Å². The molecular formula is C16H20N4O. The van der Waals surface area contributed by atoms with Crippen LogP contribution in [0.5, 0.6) is 0 Å². The molecule has 21 heavy (non-hydrogen) atoms. The number of para-hydroxylation sites is 1. The quantitative estimate of drug-likeness (QED) is 0.939. The van der Waals surface area contributed by atoms with Crippen molar-refractivity contribution < 1.29 is 4.79 Å². The van der Waals surface area contributed by atoms with Crippen molar-refractivity contribution in [2.75, 3.05) is 11.9 Å². The Kier molecular flexibility index (Phi) is 3.41. The molecule has 5 heteroatoms. The van der Waals surface area contributed by atoms with Gasteiger partial charge in [0, 0.05) is 25.0 Å². The number of hydrogen-bond donors (Lipinski definition) is 1. The van der Waals surface area contributed by atoms with Crippen molar-refractivity contribution in [2.24, 2.45) is 0 Å². The maximum atomic E-state index is 12.8. The molecule has 0 bridgehead atoms. The first-order valence-electron chi connectivity index (χ1n) is 7.18. The average Bonchev–Trinajstić information content (AvgIpc) is 2.94. The van der Waals surface area contributed by atoms with E-state index in [0.717, 1.165) is 24.5 Å². The van der Waals surface area contributed by atoms with Crippen LogP contribution in [0.2, 0.25) is 0 Å². The maximum absolute atomic E-state index is 12.8. The molecule has 2 heterocycles. The Morgan fingerprint density at radius 2 is 2.00 bits per heavy atom. The second-order valence-corrected chi connectivity index (χ2v) is 5.92. The van der Waals surface area contributed by atoms with Crippen LogP contribution in [-0.2, 0) is 17.9 Å². The van der Waals surface area contributed by atoms with E-state index in [9.17, 15) is 4.79 Å². The van der Waals surface area contributed by atoms with Gasteiger partial charge in [0.2, 0.25) is 5.91 Å². The predicted molar refractivity (Wildman–Crippen MR) is 81.8 cm³/mol. The molecule has 2 aromatic rings. The molecule has 0 unspecified atom stereocenters. The Hall–Kier alpha value is -2.30. The fraction of sp³-hybridized carbons (Fsp3) is 0.375. The normalized spacial score (nSPS) is 14.7. The lowest BCUT2D eigenvalue weighted by atomic mass is 10.0. The SMILES string of the molecule is CC(C)(Nc1ccccc1)C(=O)N1CCn2cncc2C1. The lowest BCUT2D eigenvalue weighted by Crippen LogP contribution is -2.51. The molecule has 1 aliphatic heterocycles. The molecule has 0 saturated carbocycles. The molecule has 110 valence electrons. The molecule has 1 amide bonds. The lowest BCUT2D eigenvalue weighted by Gasteiger charge is -2.35. The highest BCUT2D eigenvalue weighted by molar-refractivity contribution is 5.88. The van der Waals surface area contributed by atoms with Crippen molar-refractivity contribution >= 4 is 11.6 Å². The third-order valence-corrected chi connectivity index (χ3v) is 3.81. The number of aromatic nitrogens is 2.